The van der Waals surface area contributed by atoms with E-state index < -0.39 is 30.1 Å². The lowest BCUT2D eigenvalue weighted by atomic mass is 9.79. The molecule has 7 nitrogen and oxygen atoms in total. The van der Waals surface area contributed by atoms with Crippen molar-refractivity contribution in [3.05, 3.63) is 59.7 Å². The van der Waals surface area contributed by atoms with E-state index in [1.165, 1.54) is 0 Å². The molecule has 2 aliphatic rings. The highest BCUT2D eigenvalue weighted by Crippen LogP contribution is 2.44. The Kier molecular flexibility index (Phi) is 7.20. The summed E-state index contributed by atoms with van der Waals surface area (Å²) < 4.78 is 5.61. The number of carbonyl (C=O) groups is 3. The molecule has 1 saturated carbocycles. The molecular formula is C27H32N2O5. The van der Waals surface area contributed by atoms with Crippen molar-refractivity contribution >= 4 is 18.0 Å². The predicted octanol–water partition coefficient (Wildman–Crippen LogP) is 4.31. The van der Waals surface area contributed by atoms with E-state index in [0.717, 1.165) is 41.5 Å². The summed E-state index contributed by atoms with van der Waals surface area (Å²) in [6.45, 7) is 3.96. The van der Waals surface area contributed by atoms with Gasteiger partial charge in [-0.05, 0) is 53.4 Å². The number of carboxylic acid groups (broad SMARTS) is 1. The van der Waals surface area contributed by atoms with Crippen molar-refractivity contribution in [2.45, 2.75) is 57.5 Å². The molecular weight excluding hydrogens is 432 g/mol. The van der Waals surface area contributed by atoms with Gasteiger partial charge in [-0.1, -0.05) is 68.8 Å². The van der Waals surface area contributed by atoms with Gasteiger partial charge in [0.2, 0.25) is 5.91 Å². The van der Waals surface area contributed by atoms with Crippen molar-refractivity contribution in [2.75, 3.05) is 6.61 Å². The van der Waals surface area contributed by atoms with Crippen LogP contribution in [0.15, 0.2) is 48.5 Å². The second-order valence-corrected chi connectivity index (χ2v) is 9.67. The molecule has 3 N–H and O–H groups in total. The third-order valence-corrected chi connectivity index (χ3v) is 6.84. The first-order valence-electron chi connectivity index (χ1n) is 12.0. The molecule has 0 heterocycles. The number of nitrogens with one attached hydrogen (secondary N) is 2. The van der Waals surface area contributed by atoms with Crippen molar-refractivity contribution < 1.29 is 24.2 Å². The number of carboxylic acids is 1. The largest absolute Gasteiger partial charge is 0.480 e. The van der Waals surface area contributed by atoms with Crippen LogP contribution in [-0.4, -0.2) is 41.8 Å². The molecule has 0 aliphatic heterocycles. The first kappa shape index (κ1) is 23.8. The zero-order valence-electron chi connectivity index (χ0n) is 19.6. The molecule has 0 aromatic heterocycles. The third kappa shape index (κ3) is 5.08. The summed E-state index contributed by atoms with van der Waals surface area (Å²) in [5.41, 5.74) is 4.51. The first-order chi connectivity index (χ1) is 16.3. The van der Waals surface area contributed by atoms with Crippen LogP contribution in [0.4, 0.5) is 4.79 Å². The highest BCUT2D eigenvalue weighted by Gasteiger charge is 2.36. The Morgan fingerprint density at radius 3 is 2.06 bits per heavy atom. The Balaban J connectivity index is 1.41. The van der Waals surface area contributed by atoms with E-state index in [1.807, 2.05) is 50.2 Å². The summed E-state index contributed by atoms with van der Waals surface area (Å²) in [7, 11) is 0. The van der Waals surface area contributed by atoms with Crippen LogP contribution in [-0.2, 0) is 14.3 Å². The van der Waals surface area contributed by atoms with Gasteiger partial charge in [0.1, 0.15) is 18.7 Å². The summed E-state index contributed by atoms with van der Waals surface area (Å²) in [6.07, 6.45) is 2.26. The fourth-order valence-corrected chi connectivity index (χ4v) is 4.89. The minimum absolute atomic E-state index is 0.0195. The zero-order chi connectivity index (χ0) is 24.2. The van der Waals surface area contributed by atoms with Crippen molar-refractivity contribution in [3.63, 3.8) is 0 Å². The molecule has 2 aliphatic carbocycles. The molecule has 2 aromatic rings. The van der Waals surface area contributed by atoms with E-state index >= 15 is 0 Å². The maximum absolute atomic E-state index is 13.0. The van der Waals surface area contributed by atoms with Gasteiger partial charge in [0.25, 0.3) is 0 Å². The van der Waals surface area contributed by atoms with Gasteiger partial charge in [0.15, 0.2) is 0 Å². The molecule has 0 saturated heterocycles. The average molecular weight is 465 g/mol. The van der Waals surface area contributed by atoms with Crippen LogP contribution in [0.3, 0.4) is 0 Å². The van der Waals surface area contributed by atoms with E-state index in [9.17, 15) is 19.5 Å². The number of carbonyl (C=O) groups excluding carboxylic acids is 2. The van der Waals surface area contributed by atoms with Gasteiger partial charge in [-0.15, -0.1) is 0 Å². The van der Waals surface area contributed by atoms with Gasteiger partial charge in [0, 0.05) is 5.92 Å². The topological polar surface area (TPSA) is 105 Å². The van der Waals surface area contributed by atoms with Crippen molar-refractivity contribution in [2.24, 2.45) is 11.8 Å². The van der Waals surface area contributed by atoms with E-state index in [1.54, 1.807) is 0 Å². The van der Waals surface area contributed by atoms with Gasteiger partial charge in [0.05, 0.1) is 0 Å². The summed E-state index contributed by atoms with van der Waals surface area (Å²) in [5, 5.41) is 14.8. The van der Waals surface area contributed by atoms with Gasteiger partial charge in [-0.25, -0.2) is 9.59 Å². The lowest BCUT2D eigenvalue weighted by Gasteiger charge is -2.33. The molecule has 0 bridgehead atoms. The number of amides is 2. The Morgan fingerprint density at radius 1 is 0.971 bits per heavy atom. The molecule has 2 unspecified atom stereocenters. The first-order valence-corrected chi connectivity index (χ1v) is 12.0. The fourth-order valence-electron chi connectivity index (χ4n) is 4.89. The standard InChI is InChI=1S/C27H32N2O5/c1-16(2)14-23(26(31)32)28-25(30)24(17-8-7-9-17)29-27(33)34-15-22-20-12-5-3-10-18(20)19-11-4-6-13-21(19)22/h3-6,10-13,16-17,22-24H,7-9,14-15H2,1-2H3,(H,28,30)(H,29,33)(H,31,32). The maximum Gasteiger partial charge on any atom is 0.407 e. The quantitative estimate of drug-likeness (QED) is 0.513. The molecule has 7 heteroatoms. The van der Waals surface area contributed by atoms with Crippen LogP contribution in [0.1, 0.15) is 56.6 Å². The minimum atomic E-state index is -1.07. The molecule has 4 rings (SSSR count). The third-order valence-electron chi connectivity index (χ3n) is 6.84. The van der Waals surface area contributed by atoms with E-state index in [-0.39, 0.29) is 24.4 Å². The van der Waals surface area contributed by atoms with Gasteiger partial charge < -0.3 is 20.5 Å². The summed E-state index contributed by atoms with van der Waals surface area (Å²) in [6, 6.07) is 14.4. The van der Waals surface area contributed by atoms with Crippen LogP contribution in [0, 0.1) is 11.8 Å². The Labute approximate surface area is 199 Å². The lowest BCUT2D eigenvalue weighted by Crippen LogP contribution is -2.56. The van der Waals surface area contributed by atoms with Crippen LogP contribution >= 0.6 is 0 Å². The number of ether oxygens (including phenoxy) is 1. The lowest BCUT2D eigenvalue weighted by molar-refractivity contribution is -0.143. The Hall–Kier alpha value is -3.35. The van der Waals surface area contributed by atoms with Crippen molar-refractivity contribution in [1.29, 1.82) is 0 Å². The Bertz CT molecular complexity index is 1020. The highest BCUT2D eigenvalue weighted by atomic mass is 16.5. The van der Waals surface area contributed by atoms with Crippen molar-refractivity contribution in [3.8, 4) is 11.1 Å². The number of fused-ring (bicyclic) bond motifs is 3. The van der Waals surface area contributed by atoms with Crippen molar-refractivity contribution in [1.82, 2.24) is 10.6 Å². The molecule has 2 aromatic carbocycles. The monoisotopic (exact) mass is 464 g/mol. The normalized spacial score (nSPS) is 16.7. The van der Waals surface area contributed by atoms with Crippen LogP contribution < -0.4 is 10.6 Å². The number of hydrogen-bond donors (Lipinski definition) is 3. The smallest absolute Gasteiger partial charge is 0.407 e. The number of rotatable bonds is 9. The van der Waals surface area contributed by atoms with Gasteiger partial charge >= 0.3 is 12.1 Å². The number of alkyl carbamates (subject to hydrolysis) is 1. The summed E-state index contributed by atoms with van der Waals surface area (Å²) in [4.78, 5) is 37.3. The summed E-state index contributed by atoms with van der Waals surface area (Å²) >= 11 is 0. The second kappa shape index (κ2) is 10.3. The zero-order valence-corrected chi connectivity index (χ0v) is 19.6. The molecule has 2 amide bonds. The molecule has 1 fully saturated rings. The number of aliphatic carboxylic acids is 1. The van der Waals surface area contributed by atoms with E-state index in [2.05, 4.69) is 22.8 Å². The maximum atomic E-state index is 13.0. The Morgan fingerprint density at radius 2 is 1.56 bits per heavy atom. The van der Waals surface area contributed by atoms with Gasteiger partial charge in [-0.2, -0.15) is 0 Å². The molecule has 0 radical (unpaired) electrons. The molecule has 0 spiro atoms. The molecule has 34 heavy (non-hydrogen) atoms. The van der Waals surface area contributed by atoms with Crippen LogP contribution in [0.2, 0.25) is 0 Å². The summed E-state index contributed by atoms with van der Waals surface area (Å²) in [5.74, 6) is -1.52. The predicted molar refractivity (Wildman–Crippen MR) is 128 cm³/mol. The average Bonchev–Trinajstić information content (AvgIpc) is 3.09. The minimum Gasteiger partial charge on any atom is -0.480 e. The molecule has 180 valence electrons. The number of benzene rings is 2. The molecule has 2 atom stereocenters. The SMILES string of the molecule is CC(C)CC(NC(=O)C(NC(=O)OCC1c2ccccc2-c2ccccc21)C1CCC1)C(=O)O. The van der Waals surface area contributed by atoms with Crippen LogP contribution in [0.5, 0.6) is 0 Å². The van der Waals surface area contributed by atoms with E-state index in [4.69, 9.17) is 4.74 Å². The second-order valence-electron chi connectivity index (χ2n) is 9.67. The highest BCUT2D eigenvalue weighted by molar-refractivity contribution is 5.89. The van der Waals surface area contributed by atoms with Crippen LogP contribution in [0.25, 0.3) is 11.1 Å². The van der Waals surface area contributed by atoms with Gasteiger partial charge in [-0.3, -0.25) is 4.79 Å². The van der Waals surface area contributed by atoms with E-state index in [0.29, 0.717) is 6.42 Å². The fraction of sp³-hybridized carbons (Fsp3) is 0.444. The number of hydrogen-bond acceptors (Lipinski definition) is 4.